The third-order valence-electron chi connectivity index (χ3n) is 4.77. The SMILES string of the molecule is Cc1ccc(Cc2nc3ccccc3nc2SC(C)C(=O)NCc2ccco2)cc1. The minimum atomic E-state index is -0.313. The standard InChI is InChI=1S/C24H23N3O2S/c1-16-9-11-18(12-10-16)14-22-24(27-21-8-4-3-7-20(21)26-22)30-17(2)23(28)25-15-19-6-5-13-29-19/h3-13,17H,14-15H2,1-2H3,(H,25,28). The zero-order chi connectivity index (χ0) is 20.9. The molecule has 1 amide bonds. The summed E-state index contributed by atoms with van der Waals surface area (Å²) in [4.78, 5) is 22.3. The van der Waals surface area contributed by atoms with Gasteiger partial charge in [-0.05, 0) is 43.7 Å². The minimum Gasteiger partial charge on any atom is -0.467 e. The number of nitrogens with one attached hydrogen (secondary N) is 1. The summed E-state index contributed by atoms with van der Waals surface area (Å²) in [5, 5.41) is 3.39. The first-order chi connectivity index (χ1) is 14.6. The predicted molar refractivity (Wildman–Crippen MR) is 119 cm³/mol. The van der Waals surface area contributed by atoms with Crippen LogP contribution in [0.25, 0.3) is 11.0 Å². The van der Waals surface area contributed by atoms with Gasteiger partial charge >= 0.3 is 0 Å². The van der Waals surface area contributed by atoms with Crippen molar-refractivity contribution >= 4 is 28.7 Å². The van der Waals surface area contributed by atoms with E-state index in [0.717, 1.165) is 27.5 Å². The maximum absolute atomic E-state index is 12.6. The van der Waals surface area contributed by atoms with Gasteiger partial charge in [0.2, 0.25) is 5.91 Å². The molecule has 2 aromatic heterocycles. The number of carbonyl (C=O) groups is 1. The summed E-state index contributed by atoms with van der Waals surface area (Å²) < 4.78 is 5.28. The Bertz CT molecular complexity index is 1140. The van der Waals surface area contributed by atoms with Crippen LogP contribution in [0.3, 0.4) is 0 Å². The largest absolute Gasteiger partial charge is 0.467 e. The number of rotatable bonds is 7. The molecule has 0 bridgehead atoms. The van der Waals surface area contributed by atoms with E-state index in [-0.39, 0.29) is 11.2 Å². The van der Waals surface area contributed by atoms with E-state index in [0.29, 0.717) is 13.0 Å². The number of aromatic nitrogens is 2. The van der Waals surface area contributed by atoms with Gasteiger partial charge in [0.05, 0.1) is 34.8 Å². The first kappa shape index (κ1) is 20.2. The Morgan fingerprint density at radius 2 is 1.77 bits per heavy atom. The Morgan fingerprint density at radius 1 is 1.03 bits per heavy atom. The van der Waals surface area contributed by atoms with Gasteiger partial charge in [-0.2, -0.15) is 0 Å². The quantitative estimate of drug-likeness (QED) is 0.432. The highest BCUT2D eigenvalue weighted by Gasteiger charge is 2.19. The molecule has 6 heteroatoms. The van der Waals surface area contributed by atoms with Crippen LogP contribution in [-0.2, 0) is 17.8 Å². The Balaban J connectivity index is 1.56. The summed E-state index contributed by atoms with van der Waals surface area (Å²) in [5.41, 5.74) is 4.96. The Hall–Kier alpha value is -3.12. The summed E-state index contributed by atoms with van der Waals surface area (Å²) in [6.07, 6.45) is 2.27. The number of nitrogens with zero attached hydrogens (tertiary/aromatic N) is 2. The third-order valence-corrected chi connectivity index (χ3v) is 5.89. The number of furan rings is 1. The summed E-state index contributed by atoms with van der Waals surface area (Å²) in [5.74, 6) is 0.666. The van der Waals surface area contributed by atoms with Gasteiger partial charge in [0.15, 0.2) is 0 Å². The molecule has 1 atom stereocenters. The van der Waals surface area contributed by atoms with E-state index >= 15 is 0 Å². The van der Waals surface area contributed by atoms with Crippen molar-refractivity contribution in [2.75, 3.05) is 0 Å². The number of amides is 1. The minimum absolute atomic E-state index is 0.0624. The van der Waals surface area contributed by atoms with Gasteiger partial charge in [0.25, 0.3) is 0 Å². The second-order valence-corrected chi connectivity index (χ2v) is 8.51. The number of thioether (sulfide) groups is 1. The molecule has 0 radical (unpaired) electrons. The van der Waals surface area contributed by atoms with Gasteiger partial charge in [0.1, 0.15) is 10.8 Å². The van der Waals surface area contributed by atoms with Crippen molar-refractivity contribution in [3.63, 3.8) is 0 Å². The zero-order valence-electron chi connectivity index (χ0n) is 17.0. The van der Waals surface area contributed by atoms with Crippen molar-refractivity contribution in [3.8, 4) is 0 Å². The van der Waals surface area contributed by atoms with Gasteiger partial charge in [-0.1, -0.05) is 53.7 Å². The topological polar surface area (TPSA) is 68.0 Å². The molecular weight excluding hydrogens is 394 g/mol. The van der Waals surface area contributed by atoms with Crippen molar-refractivity contribution in [1.82, 2.24) is 15.3 Å². The molecule has 0 fully saturated rings. The number of hydrogen-bond donors (Lipinski definition) is 1. The van der Waals surface area contributed by atoms with E-state index in [1.54, 1.807) is 6.26 Å². The third kappa shape index (κ3) is 4.89. The number of benzene rings is 2. The van der Waals surface area contributed by atoms with E-state index in [2.05, 4.69) is 36.5 Å². The maximum Gasteiger partial charge on any atom is 0.233 e. The molecule has 0 aliphatic carbocycles. The fourth-order valence-electron chi connectivity index (χ4n) is 3.08. The van der Waals surface area contributed by atoms with Crippen LogP contribution in [0.5, 0.6) is 0 Å². The van der Waals surface area contributed by atoms with Crippen LogP contribution in [0.4, 0.5) is 0 Å². The lowest BCUT2D eigenvalue weighted by Crippen LogP contribution is -2.30. The van der Waals surface area contributed by atoms with Gasteiger partial charge in [-0.25, -0.2) is 9.97 Å². The molecule has 2 aromatic carbocycles. The van der Waals surface area contributed by atoms with Crippen molar-refractivity contribution in [2.45, 2.75) is 37.1 Å². The summed E-state index contributed by atoms with van der Waals surface area (Å²) in [6, 6.07) is 19.9. The molecule has 1 unspecified atom stereocenters. The van der Waals surface area contributed by atoms with Crippen molar-refractivity contribution in [3.05, 3.63) is 89.5 Å². The van der Waals surface area contributed by atoms with Gasteiger partial charge in [0, 0.05) is 6.42 Å². The van der Waals surface area contributed by atoms with Crippen LogP contribution in [0.15, 0.2) is 76.4 Å². The molecule has 4 rings (SSSR count). The molecule has 0 aliphatic heterocycles. The second-order valence-electron chi connectivity index (χ2n) is 7.18. The molecule has 0 aliphatic rings. The number of para-hydroxylation sites is 2. The van der Waals surface area contributed by atoms with Crippen molar-refractivity contribution in [2.24, 2.45) is 0 Å². The fourth-order valence-corrected chi connectivity index (χ4v) is 4.01. The lowest BCUT2D eigenvalue weighted by molar-refractivity contribution is -0.120. The maximum atomic E-state index is 12.6. The van der Waals surface area contributed by atoms with Crippen LogP contribution >= 0.6 is 11.8 Å². The predicted octanol–water partition coefficient (Wildman–Crippen LogP) is 4.92. The highest BCUT2D eigenvalue weighted by molar-refractivity contribution is 8.00. The van der Waals surface area contributed by atoms with Crippen LogP contribution in [0, 0.1) is 6.92 Å². The molecule has 4 aromatic rings. The van der Waals surface area contributed by atoms with E-state index in [9.17, 15) is 4.79 Å². The van der Waals surface area contributed by atoms with Crippen LogP contribution in [-0.4, -0.2) is 21.1 Å². The van der Waals surface area contributed by atoms with Crippen molar-refractivity contribution < 1.29 is 9.21 Å². The lowest BCUT2D eigenvalue weighted by atomic mass is 10.1. The monoisotopic (exact) mass is 417 g/mol. The molecule has 30 heavy (non-hydrogen) atoms. The molecule has 5 nitrogen and oxygen atoms in total. The first-order valence-electron chi connectivity index (χ1n) is 9.86. The molecule has 0 spiro atoms. The van der Waals surface area contributed by atoms with Crippen LogP contribution in [0.2, 0.25) is 0 Å². The van der Waals surface area contributed by atoms with Crippen LogP contribution < -0.4 is 5.32 Å². The second kappa shape index (κ2) is 9.13. The normalized spacial score (nSPS) is 12.1. The van der Waals surface area contributed by atoms with E-state index < -0.39 is 0 Å². The molecule has 0 saturated carbocycles. The number of hydrogen-bond acceptors (Lipinski definition) is 5. The van der Waals surface area contributed by atoms with Gasteiger partial charge < -0.3 is 9.73 Å². The summed E-state index contributed by atoms with van der Waals surface area (Å²) >= 11 is 1.44. The zero-order valence-corrected chi connectivity index (χ0v) is 17.8. The van der Waals surface area contributed by atoms with E-state index in [4.69, 9.17) is 14.4 Å². The van der Waals surface area contributed by atoms with E-state index in [1.807, 2.05) is 43.3 Å². The van der Waals surface area contributed by atoms with Gasteiger partial charge in [-0.3, -0.25) is 4.79 Å². The number of carbonyl (C=O) groups excluding carboxylic acids is 1. The molecule has 152 valence electrons. The average molecular weight is 418 g/mol. The fraction of sp³-hybridized carbons (Fsp3) is 0.208. The average Bonchev–Trinajstić information content (AvgIpc) is 3.27. The Morgan fingerprint density at radius 3 is 2.47 bits per heavy atom. The summed E-state index contributed by atoms with van der Waals surface area (Å²) in [7, 11) is 0. The highest BCUT2D eigenvalue weighted by Crippen LogP contribution is 2.28. The van der Waals surface area contributed by atoms with Crippen molar-refractivity contribution in [1.29, 1.82) is 0 Å². The Labute approximate surface area is 179 Å². The van der Waals surface area contributed by atoms with Gasteiger partial charge in [-0.15, -0.1) is 0 Å². The summed E-state index contributed by atoms with van der Waals surface area (Å²) in [6.45, 7) is 4.33. The highest BCUT2D eigenvalue weighted by atomic mass is 32.2. The lowest BCUT2D eigenvalue weighted by Gasteiger charge is -2.14. The van der Waals surface area contributed by atoms with Crippen LogP contribution in [0.1, 0.15) is 29.5 Å². The molecule has 1 N–H and O–H groups in total. The molecular formula is C24H23N3O2S. The molecule has 2 heterocycles. The first-order valence-corrected chi connectivity index (χ1v) is 10.7. The number of aryl methyl sites for hydroxylation is 1. The molecule has 0 saturated heterocycles. The van der Waals surface area contributed by atoms with E-state index in [1.165, 1.54) is 22.9 Å². The number of fused-ring (bicyclic) bond motifs is 1. The Kier molecular flexibility index (Phi) is 6.14. The smallest absolute Gasteiger partial charge is 0.233 e.